The maximum Gasteiger partial charge on any atom is 0.196 e. The van der Waals surface area contributed by atoms with Crippen LogP contribution in [0.5, 0.6) is 0 Å². The molecule has 0 heterocycles. The van der Waals surface area contributed by atoms with Crippen LogP contribution in [0.1, 0.15) is 18.4 Å². The predicted octanol–water partition coefficient (Wildman–Crippen LogP) is 4.32. The summed E-state index contributed by atoms with van der Waals surface area (Å²) in [6, 6.07) is 11.8. The number of halogens is 3. The summed E-state index contributed by atoms with van der Waals surface area (Å²) in [6.45, 7) is 2.41. The SMILES string of the molecule is CC(CNc1ccc(F)c(F)c1F)c1ccccc1. The number of rotatable bonds is 4. The molecule has 2 rings (SSSR count). The highest BCUT2D eigenvalue weighted by Crippen LogP contribution is 2.21. The molecule has 0 saturated carbocycles. The molecule has 0 bridgehead atoms. The maximum absolute atomic E-state index is 13.4. The van der Waals surface area contributed by atoms with Crippen LogP contribution in [0.2, 0.25) is 0 Å². The largest absolute Gasteiger partial charge is 0.382 e. The fraction of sp³-hybridized carbons (Fsp3) is 0.200. The Labute approximate surface area is 110 Å². The molecule has 0 spiro atoms. The van der Waals surface area contributed by atoms with Crippen LogP contribution in [0.25, 0.3) is 0 Å². The van der Waals surface area contributed by atoms with Gasteiger partial charge in [0.25, 0.3) is 0 Å². The van der Waals surface area contributed by atoms with Gasteiger partial charge in [-0.3, -0.25) is 0 Å². The lowest BCUT2D eigenvalue weighted by atomic mass is 10.0. The molecule has 100 valence electrons. The third-order valence-electron chi connectivity index (χ3n) is 3.00. The van der Waals surface area contributed by atoms with Gasteiger partial charge in [-0.25, -0.2) is 13.2 Å². The fourth-order valence-electron chi connectivity index (χ4n) is 1.82. The lowest BCUT2D eigenvalue weighted by Gasteiger charge is -2.14. The molecule has 1 unspecified atom stereocenters. The molecule has 0 aliphatic rings. The van der Waals surface area contributed by atoms with E-state index in [9.17, 15) is 13.2 Å². The summed E-state index contributed by atoms with van der Waals surface area (Å²) in [7, 11) is 0. The van der Waals surface area contributed by atoms with Gasteiger partial charge < -0.3 is 5.32 Å². The molecule has 0 amide bonds. The van der Waals surface area contributed by atoms with Crippen molar-refractivity contribution in [2.75, 3.05) is 11.9 Å². The summed E-state index contributed by atoms with van der Waals surface area (Å²) >= 11 is 0. The van der Waals surface area contributed by atoms with Gasteiger partial charge >= 0.3 is 0 Å². The molecule has 19 heavy (non-hydrogen) atoms. The van der Waals surface area contributed by atoms with Gasteiger partial charge in [0.2, 0.25) is 0 Å². The van der Waals surface area contributed by atoms with Crippen LogP contribution < -0.4 is 5.32 Å². The Morgan fingerprint density at radius 3 is 2.32 bits per heavy atom. The fourth-order valence-corrected chi connectivity index (χ4v) is 1.82. The Hall–Kier alpha value is -1.97. The molecule has 4 heteroatoms. The van der Waals surface area contributed by atoms with Crippen LogP contribution in [0.15, 0.2) is 42.5 Å². The molecule has 1 N–H and O–H groups in total. The molecule has 0 saturated heterocycles. The van der Waals surface area contributed by atoms with Crippen LogP contribution in [0.3, 0.4) is 0 Å². The van der Waals surface area contributed by atoms with E-state index in [2.05, 4.69) is 5.32 Å². The maximum atomic E-state index is 13.4. The van der Waals surface area contributed by atoms with E-state index in [0.717, 1.165) is 11.6 Å². The zero-order chi connectivity index (χ0) is 13.8. The smallest absolute Gasteiger partial charge is 0.196 e. The average molecular weight is 265 g/mol. The van der Waals surface area contributed by atoms with Crippen LogP contribution in [-0.4, -0.2) is 6.54 Å². The normalized spacial score (nSPS) is 12.2. The molecule has 0 aromatic heterocycles. The standard InChI is InChI=1S/C15H14F3N/c1-10(11-5-3-2-4-6-11)9-19-13-8-7-12(16)14(17)15(13)18/h2-8,10,19H,9H2,1H3. The van der Waals surface area contributed by atoms with Gasteiger partial charge in [0.05, 0.1) is 5.69 Å². The minimum absolute atomic E-state index is 0.0262. The van der Waals surface area contributed by atoms with Gasteiger partial charge in [0.1, 0.15) is 0 Å². The summed E-state index contributed by atoms with van der Waals surface area (Å²) in [4.78, 5) is 0. The molecule has 0 aliphatic heterocycles. The zero-order valence-corrected chi connectivity index (χ0v) is 10.5. The first kappa shape index (κ1) is 13.5. The van der Waals surface area contributed by atoms with Gasteiger partial charge in [0, 0.05) is 6.54 Å². The lowest BCUT2D eigenvalue weighted by molar-refractivity contribution is 0.449. The Kier molecular flexibility index (Phi) is 4.10. The summed E-state index contributed by atoms with van der Waals surface area (Å²) in [6.07, 6.45) is 0. The first-order chi connectivity index (χ1) is 9.09. The molecule has 2 aromatic carbocycles. The van der Waals surface area contributed by atoms with Crippen LogP contribution >= 0.6 is 0 Å². The minimum Gasteiger partial charge on any atom is -0.382 e. The molecule has 1 nitrogen and oxygen atoms in total. The average Bonchev–Trinajstić information content (AvgIpc) is 2.45. The summed E-state index contributed by atoms with van der Waals surface area (Å²) in [5.74, 6) is -3.68. The number of benzene rings is 2. The Bertz CT molecular complexity index is 555. The topological polar surface area (TPSA) is 12.0 Å². The molecule has 0 fully saturated rings. The lowest BCUT2D eigenvalue weighted by Crippen LogP contribution is -2.11. The molecule has 2 aromatic rings. The van der Waals surface area contributed by atoms with Crippen molar-refractivity contribution in [3.05, 3.63) is 65.5 Å². The zero-order valence-electron chi connectivity index (χ0n) is 10.5. The molecular weight excluding hydrogens is 251 g/mol. The van der Waals surface area contributed by atoms with E-state index in [1.165, 1.54) is 6.07 Å². The summed E-state index contributed by atoms with van der Waals surface area (Å²) < 4.78 is 39.3. The van der Waals surface area contributed by atoms with Gasteiger partial charge in [-0.2, -0.15) is 0 Å². The summed E-state index contributed by atoms with van der Waals surface area (Å²) in [5.41, 5.74) is 1.07. The van der Waals surface area contributed by atoms with Gasteiger partial charge in [-0.15, -0.1) is 0 Å². The van der Waals surface area contributed by atoms with Crippen molar-refractivity contribution in [3.8, 4) is 0 Å². The van der Waals surface area contributed by atoms with Gasteiger partial charge in [0.15, 0.2) is 17.5 Å². The van der Waals surface area contributed by atoms with Crippen molar-refractivity contribution in [1.82, 2.24) is 0 Å². The molecule has 0 aliphatic carbocycles. The first-order valence-electron chi connectivity index (χ1n) is 6.02. The second-order valence-corrected chi connectivity index (χ2v) is 4.42. The second-order valence-electron chi connectivity index (χ2n) is 4.42. The summed E-state index contributed by atoms with van der Waals surface area (Å²) in [5, 5.41) is 2.80. The monoisotopic (exact) mass is 265 g/mol. The van der Waals surface area contributed by atoms with E-state index < -0.39 is 17.5 Å². The van der Waals surface area contributed by atoms with E-state index in [1.54, 1.807) is 0 Å². The number of hydrogen-bond donors (Lipinski definition) is 1. The van der Waals surface area contributed by atoms with E-state index in [-0.39, 0.29) is 11.6 Å². The number of anilines is 1. The third kappa shape index (κ3) is 3.08. The van der Waals surface area contributed by atoms with Crippen molar-refractivity contribution < 1.29 is 13.2 Å². The van der Waals surface area contributed by atoms with Crippen molar-refractivity contribution in [1.29, 1.82) is 0 Å². The second kappa shape index (κ2) is 5.78. The number of hydrogen-bond acceptors (Lipinski definition) is 1. The van der Waals surface area contributed by atoms with Crippen molar-refractivity contribution in [3.63, 3.8) is 0 Å². The van der Waals surface area contributed by atoms with E-state index in [0.29, 0.717) is 6.54 Å². The van der Waals surface area contributed by atoms with E-state index in [1.807, 2.05) is 37.3 Å². The van der Waals surface area contributed by atoms with Crippen LogP contribution in [0.4, 0.5) is 18.9 Å². The first-order valence-corrected chi connectivity index (χ1v) is 6.02. The molecule has 0 radical (unpaired) electrons. The van der Waals surface area contributed by atoms with Crippen molar-refractivity contribution >= 4 is 5.69 Å². The Balaban J connectivity index is 2.05. The highest BCUT2D eigenvalue weighted by Gasteiger charge is 2.14. The molecule has 1 atom stereocenters. The van der Waals surface area contributed by atoms with Crippen LogP contribution in [0, 0.1) is 17.5 Å². The van der Waals surface area contributed by atoms with E-state index in [4.69, 9.17) is 0 Å². The highest BCUT2D eigenvalue weighted by molar-refractivity contribution is 5.45. The highest BCUT2D eigenvalue weighted by atomic mass is 19.2. The van der Waals surface area contributed by atoms with Gasteiger partial charge in [-0.05, 0) is 23.6 Å². The van der Waals surface area contributed by atoms with Crippen molar-refractivity contribution in [2.45, 2.75) is 12.8 Å². The minimum atomic E-state index is -1.45. The van der Waals surface area contributed by atoms with Crippen molar-refractivity contribution in [2.24, 2.45) is 0 Å². The van der Waals surface area contributed by atoms with Gasteiger partial charge in [-0.1, -0.05) is 37.3 Å². The predicted molar refractivity (Wildman–Crippen MR) is 69.7 cm³/mol. The Morgan fingerprint density at radius 1 is 0.947 bits per heavy atom. The Morgan fingerprint density at radius 2 is 1.63 bits per heavy atom. The third-order valence-corrected chi connectivity index (χ3v) is 3.00. The molecular formula is C15H14F3N. The van der Waals surface area contributed by atoms with Crippen LogP contribution in [-0.2, 0) is 0 Å². The van der Waals surface area contributed by atoms with E-state index >= 15 is 0 Å². The number of nitrogens with one attached hydrogen (secondary N) is 1. The quantitative estimate of drug-likeness (QED) is 0.812.